The molecule has 0 aliphatic carbocycles. The van der Waals surface area contributed by atoms with Gasteiger partial charge in [0.25, 0.3) is 6.33 Å². The molecule has 0 fully saturated rings. The van der Waals surface area contributed by atoms with Crippen LogP contribution in [0.3, 0.4) is 0 Å². The van der Waals surface area contributed by atoms with Gasteiger partial charge in [-0.05, 0) is 71.4 Å². The Morgan fingerprint density at radius 2 is 1.40 bits per heavy atom. The van der Waals surface area contributed by atoms with Crippen molar-refractivity contribution >= 4 is 46.4 Å². The Balaban J connectivity index is 0.00000372. The van der Waals surface area contributed by atoms with Crippen molar-refractivity contribution in [1.29, 1.82) is 0 Å². The van der Waals surface area contributed by atoms with Crippen molar-refractivity contribution in [2.45, 2.75) is 33.1 Å². The Morgan fingerprint density at radius 3 is 2.22 bits per heavy atom. The maximum Gasteiger partial charge on any atom is 0.419 e. The van der Waals surface area contributed by atoms with Gasteiger partial charge in [-0.15, -0.1) is 35.4 Å². The number of rotatable bonds is 4. The number of para-hydroxylation sites is 3. The Labute approximate surface area is 335 Å². The quantitative estimate of drug-likeness (QED) is 0.100. The summed E-state index contributed by atoms with van der Waals surface area (Å²) in [5.41, 5.74) is 15.5. The molecular formula is C47H34BN5OPt-2. The molecule has 0 saturated carbocycles. The first-order valence-electron chi connectivity index (χ1n) is 18.4. The third-order valence-corrected chi connectivity index (χ3v) is 11.5. The average molecular weight is 891 g/mol. The molecule has 11 rings (SSSR count). The monoisotopic (exact) mass is 890 g/mol. The third-order valence-electron chi connectivity index (χ3n) is 11.5. The molecule has 8 heteroatoms. The van der Waals surface area contributed by atoms with Crippen LogP contribution in [0, 0.1) is 32.3 Å². The second-order valence-corrected chi connectivity index (χ2v) is 15.0. The molecule has 3 aliphatic rings. The van der Waals surface area contributed by atoms with Crippen molar-refractivity contribution in [1.82, 2.24) is 9.55 Å². The second kappa shape index (κ2) is 12.3. The molecule has 3 aliphatic heterocycles. The molecule has 0 spiro atoms. The van der Waals surface area contributed by atoms with Gasteiger partial charge >= 0.3 is 6.98 Å². The van der Waals surface area contributed by atoms with E-state index in [1.807, 2.05) is 30.5 Å². The minimum Gasteiger partial charge on any atom is -0.510 e. The molecule has 0 radical (unpaired) electrons. The molecule has 6 aromatic carbocycles. The summed E-state index contributed by atoms with van der Waals surface area (Å²) in [6, 6.07) is 52.1. The molecule has 0 N–H and O–H groups in total. The molecular weight excluding hydrogens is 856 g/mol. The van der Waals surface area contributed by atoms with Gasteiger partial charge in [0.2, 0.25) is 0 Å². The van der Waals surface area contributed by atoms with Crippen molar-refractivity contribution in [2.24, 2.45) is 0 Å². The van der Waals surface area contributed by atoms with E-state index in [2.05, 4.69) is 168 Å². The number of anilines is 4. The standard InChI is InChI=1S/C47H34BN5O.Pt/c1-30-13-10-14-31(2)44(30)52-41-21-12-26-49-46(41)53-42-27-33(22-24-36(42)35-17-8-9-19-39(35)48(52)53)54-34-23-25-37-43(28-34)51-29-50(32-15-6-5-7-16-32)40-20-11-18-38(45(40)51)47(37,3)4;/h5-26H,1-4H3;/q-2;. The van der Waals surface area contributed by atoms with Gasteiger partial charge < -0.3 is 18.9 Å². The minimum absolute atomic E-state index is 0. The van der Waals surface area contributed by atoms with Crippen molar-refractivity contribution in [3.63, 3.8) is 0 Å². The molecule has 2 aromatic heterocycles. The molecule has 6 nitrogen and oxygen atoms in total. The maximum absolute atomic E-state index is 6.72. The summed E-state index contributed by atoms with van der Waals surface area (Å²) in [5, 5.41) is 0. The Hall–Kier alpha value is -5.91. The van der Waals surface area contributed by atoms with E-state index in [-0.39, 0.29) is 33.5 Å². The second-order valence-electron chi connectivity index (χ2n) is 15.0. The zero-order valence-corrected chi connectivity index (χ0v) is 33.0. The van der Waals surface area contributed by atoms with Crippen LogP contribution < -0.4 is 24.4 Å². The number of benzene rings is 6. The van der Waals surface area contributed by atoms with Crippen LogP contribution in [0.2, 0.25) is 0 Å². The van der Waals surface area contributed by atoms with Crippen molar-refractivity contribution in [2.75, 3.05) is 9.62 Å². The average Bonchev–Trinajstić information content (AvgIpc) is 3.75. The fourth-order valence-corrected chi connectivity index (χ4v) is 9.02. The summed E-state index contributed by atoms with van der Waals surface area (Å²) in [4.78, 5) is 9.77. The Bertz CT molecular complexity index is 2830. The first-order valence-corrected chi connectivity index (χ1v) is 18.4. The molecule has 268 valence electrons. The first kappa shape index (κ1) is 33.6. The van der Waals surface area contributed by atoms with E-state index in [0.717, 1.165) is 45.2 Å². The number of imidazole rings is 1. The normalized spacial score (nSPS) is 14.1. The fourth-order valence-electron chi connectivity index (χ4n) is 9.02. The molecule has 0 amide bonds. The zero-order valence-electron chi connectivity index (χ0n) is 30.7. The van der Waals surface area contributed by atoms with Gasteiger partial charge in [0.1, 0.15) is 5.82 Å². The number of hydrogen-bond donors (Lipinski definition) is 0. The van der Waals surface area contributed by atoms with Crippen molar-refractivity contribution in [3.8, 4) is 34.0 Å². The summed E-state index contributed by atoms with van der Waals surface area (Å²) in [6.45, 7) is 8.80. The molecule has 0 unspecified atom stereocenters. The van der Waals surface area contributed by atoms with E-state index in [4.69, 9.17) is 9.72 Å². The molecule has 0 atom stereocenters. The van der Waals surface area contributed by atoms with E-state index in [1.165, 1.54) is 39.0 Å². The van der Waals surface area contributed by atoms with E-state index in [9.17, 15) is 0 Å². The van der Waals surface area contributed by atoms with Crippen LogP contribution in [0.5, 0.6) is 11.5 Å². The maximum atomic E-state index is 6.72. The van der Waals surface area contributed by atoms with Crippen LogP contribution in [0.25, 0.3) is 33.5 Å². The summed E-state index contributed by atoms with van der Waals surface area (Å²) >= 11 is 0. The van der Waals surface area contributed by atoms with E-state index >= 15 is 0 Å². The Kier molecular flexibility index (Phi) is 7.53. The van der Waals surface area contributed by atoms with Crippen LogP contribution in [0.4, 0.5) is 22.9 Å². The number of aromatic nitrogens is 3. The Morgan fingerprint density at radius 1 is 0.673 bits per heavy atom. The van der Waals surface area contributed by atoms with Crippen LogP contribution >= 0.6 is 0 Å². The van der Waals surface area contributed by atoms with Gasteiger partial charge in [0.15, 0.2) is 0 Å². The van der Waals surface area contributed by atoms with Gasteiger partial charge in [0.05, 0.1) is 22.4 Å². The summed E-state index contributed by atoms with van der Waals surface area (Å²) in [6.07, 6.45) is 5.54. The zero-order chi connectivity index (χ0) is 36.3. The summed E-state index contributed by atoms with van der Waals surface area (Å²) in [7, 11) is 0. The minimum atomic E-state index is -0.252. The van der Waals surface area contributed by atoms with Crippen molar-refractivity contribution < 1.29 is 30.4 Å². The van der Waals surface area contributed by atoms with Gasteiger partial charge in [0, 0.05) is 44.4 Å². The smallest absolute Gasteiger partial charge is 0.419 e. The SMILES string of the molecule is Cc1cccc(C)c1N1B2c3ccccc3-c3ccc(Oc4[c-]c5c(cc4)C(C)(C)c4cccc6c4n-5[c-][n+]6-c4ccccc4)[c-]c3N2c2ncccc21.[Pt]. The topological polar surface area (TPSA) is 37.4 Å². The van der Waals surface area contributed by atoms with Crippen LogP contribution in [-0.4, -0.2) is 16.5 Å². The van der Waals surface area contributed by atoms with Crippen molar-refractivity contribution in [3.05, 3.63) is 174 Å². The third kappa shape index (κ3) is 4.79. The molecule has 0 bridgehead atoms. The van der Waals surface area contributed by atoms with Gasteiger partial charge in [-0.3, -0.25) is 4.57 Å². The number of hydrogen-bond acceptors (Lipinski definition) is 4. The van der Waals surface area contributed by atoms with Gasteiger partial charge in [-0.25, -0.2) is 4.98 Å². The van der Waals surface area contributed by atoms with E-state index < -0.39 is 0 Å². The fraction of sp³-hybridized carbons (Fsp3) is 0.106. The molecule has 8 aromatic rings. The van der Waals surface area contributed by atoms with Gasteiger partial charge in [-0.1, -0.05) is 104 Å². The largest absolute Gasteiger partial charge is 0.510 e. The first-order chi connectivity index (χ1) is 26.4. The number of nitrogens with zero attached hydrogens (tertiary/aromatic N) is 5. The summed E-state index contributed by atoms with van der Waals surface area (Å²) < 4.78 is 11.0. The predicted octanol–water partition coefficient (Wildman–Crippen LogP) is 9.41. The van der Waals surface area contributed by atoms with Crippen LogP contribution in [0.1, 0.15) is 36.1 Å². The summed E-state index contributed by atoms with van der Waals surface area (Å²) in [5.74, 6) is 2.13. The number of aryl methyl sites for hydroxylation is 2. The number of ether oxygens (including phenoxy) is 1. The number of pyridine rings is 1. The predicted molar refractivity (Wildman–Crippen MR) is 215 cm³/mol. The molecule has 5 heterocycles. The van der Waals surface area contributed by atoms with E-state index in [0.29, 0.717) is 11.5 Å². The number of fused-ring (bicyclic) bond motifs is 10. The molecule has 0 saturated heterocycles. The van der Waals surface area contributed by atoms with Crippen LogP contribution in [-0.2, 0) is 26.5 Å². The molecule has 55 heavy (non-hydrogen) atoms. The van der Waals surface area contributed by atoms with E-state index in [1.54, 1.807) is 0 Å². The van der Waals surface area contributed by atoms with Gasteiger partial charge in [-0.2, -0.15) is 12.1 Å². The van der Waals surface area contributed by atoms with Crippen LogP contribution in [0.15, 0.2) is 134 Å².